The van der Waals surface area contributed by atoms with E-state index in [0.717, 1.165) is 0 Å². The zero-order valence-electron chi connectivity index (χ0n) is 36.1. The van der Waals surface area contributed by atoms with Crippen molar-refractivity contribution in [3.63, 3.8) is 0 Å². The standard InChI is InChI=1S/C56H50B2N2/c1-31(2)35-17-21-39(22-18-35)59-51-26-25-46-42-23-19-36(32(3)4)28-48(42)58-49-29-37(33(5)6)20-24-43(49)47-27-38(34(7)8)30-50-54(47)60(58)56(46)53(51)57(50)52-44-15-11-9-13-40(44)41-14-10-12-16-45(41)55(52)59/h9-34H,1-8H3. The largest absolute Gasteiger partial charge is 0.377 e. The highest BCUT2D eigenvalue weighted by molar-refractivity contribution is 7.04. The molecule has 12 rings (SSSR count). The third-order valence-corrected chi connectivity index (χ3v) is 14.5. The molecular weight excluding hydrogens is 722 g/mol. The fourth-order valence-electron chi connectivity index (χ4n) is 11.4. The number of hydrogen-bond acceptors (Lipinski definition) is 2. The third kappa shape index (κ3) is 4.74. The first-order valence-electron chi connectivity index (χ1n) is 22.4. The summed E-state index contributed by atoms with van der Waals surface area (Å²) in [5.41, 5.74) is 24.7. The third-order valence-electron chi connectivity index (χ3n) is 14.5. The molecule has 0 aromatic heterocycles. The summed E-state index contributed by atoms with van der Waals surface area (Å²) in [6.45, 7) is 18.7. The van der Waals surface area contributed by atoms with Crippen molar-refractivity contribution in [2.24, 2.45) is 0 Å². The molecule has 8 aromatic carbocycles. The lowest BCUT2D eigenvalue weighted by molar-refractivity contribution is 0.866. The first-order chi connectivity index (χ1) is 29.1. The van der Waals surface area contributed by atoms with Gasteiger partial charge < -0.3 is 9.71 Å². The zero-order chi connectivity index (χ0) is 40.9. The molecule has 0 atom stereocenters. The molecule has 0 saturated carbocycles. The predicted octanol–water partition coefficient (Wildman–Crippen LogP) is 12.0. The van der Waals surface area contributed by atoms with Crippen LogP contribution in [-0.4, -0.2) is 13.6 Å². The smallest absolute Gasteiger partial charge is 0.329 e. The highest BCUT2D eigenvalue weighted by atomic mass is 15.2. The molecule has 0 saturated heterocycles. The van der Waals surface area contributed by atoms with Gasteiger partial charge in [0.2, 0.25) is 0 Å². The van der Waals surface area contributed by atoms with Gasteiger partial charge in [-0.3, -0.25) is 0 Å². The molecule has 60 heavy (non-hydrogen) atoms. The molecule has 0 spiro atoms. The van der Waals surface area contributed by atoms with Gasteiger partial charge in [0.1, 0.15) is 0 Å². The molecule has 0 bridgehead atoms. The zero-order valence-corrected chi connectivity index (χ0v) is 36.1. The van der Waals surface area contributed by atoms with Gasteiger partial charge >= 0.3 is 6.85 Å². The van der Waals surface area contributed by atoms with Crippen molar-refractivity contribution in [3.8, 4) is 22.3 Å². The van der Waals surface area contributed by atoms with Gasteiger partial charge in [0.05, 0.1) is 0 Å². The minimum atomic E-state index is 0.0305. The van der Waals surface area contributed by atoms with Crippen molar-refractivity contribution in [1.82, 2.24) is 0 Å². The number of fused-ring (bicyclic) bond motifs is 14. The molecule has 4 heteroatoms. The van der Waals surface area contributed by atoms with E-state index in [-0.39, 0.29) is 13.6 Å². The Kier molecular flexibility index (Phi) is 7.64. The second-order valence-corrected chi connectivity index (χ2v) is 19.2. The van der Waals surface area contributed by atoms with Crippen LogP contribution in [0.1, 0.15) is 101 Å². The summed E-state index contributed by atoms with van der Waals surface area (Å²) < 4.78 is 0. The number of nitrogens with zero attached hydrogens (tertiary/aromatic N) is 2. The van der Waals surface area contributed by atoms with Gasteiger partial charge in [-0.15, -0.1) is 0 Å². The SMILES string of the molecule is CC(C)c1ccc(N2c3ccc4c5c3B(c3cc(C(C)C)cc6c3N5B(c3cc(C(C)C)ccc3-6)c3cc(C(C)C)ccc3-4)c3c2c2ccccc2c2ccccc32)cc1. The summed E-state index contributed by atoms with van der Waals surface area (Å²) in [5, 5.41) is 5.27. The monoisotopic (exact) mass is 772 g/mol. The average Bonchev–Trinajstić information content (AvgIpc) is 3.26. The van der Waals surface area contributed by atoms with Crippen LogP contribution in [0.2, 0.25) is 0 Å². The summed E-state index contributed by atoms with van der Waals surface area (Å²) >= 11 is 0. The Labute approximate surface area is 356 Å². The number of anilines is 5. The maximum atomic E-state index is 2.83. The topological polar surface area (TPSA) is 6.48 Å². The van der Waals surface area contributed by atoms with Crippen molar-refractivity contribution < 1.29 is 0 Å². The fourth-order valence-corrected chi connectivity index (χ4v) is 11.4. The second-order valence-electron chi connectivity index (χ2n) is 19.2. The molecule has 2 nitrogen and oxygen atoms in total. The van der Waals surface area contributed by atoms with E-state index in [9.17, 15) is 0 Å². The highest BCUT2D eigenvalue weighted by Crippen LogP contribution is 2.53. The van der Waals surface area contributed by atoms with E-state index in [0.29, 0.717) is 23.7 Å². The van der Waals surface area contributed by atoms with E-state index in [1.54, 1.807) is 0 Å². The van der Waals surface area contributed by atoms with E-state index in [1.807, 2.05) is 0 Å². The van der Waals surface area contributed by atoms with Crippen molar-refractivity contribution in [2.75, 3.05) is 9.71 Å². The lowest BCUT2D eigenvalue weighted by Gasteiger charge is -2.52. The maximum Gasteiger partial charge on any atom is 0.329 e. The summed E-state index contributed by atoms with van der Waals surface area (Å²) in [5.74, 6) is 1.69. The summed E-state index contributed by atoms with van der Waals surface area (Å²) in [4.78, 5) is 5.46. The molecule has 0 fully saturated rings. The highest BCUT2D eigenvalue weighted by Gasteiger charge is 2.53. The van der Waals surface area contributed by atoms with E-state index in [2.05, 4.69) is 199 Å². The summed E-state index contributed by atoms with van der Waals surface area (Å²) in [7, 11) is 0. The van der Waals surface area contributed by atoms with Crippen molar-refractivity contribution in [1.29, 1.82) is 0 Å². The minimum absolute atomic E-state index is 0.0305. The van der Waals surface area contributed by atoms with Gasteiger partial charge in [0.15, 0.2) is 0 Å². The molecule has 4 aliphatic rings. The van der Waals surface area contributed by atoms with E-state index < -0.39 is 0 Å². The second kappa shape index (κ2) is 12.8. The molecule has 4 aliphatic heterocycles. The molecule has 0 N–H and O–H groups in total. The molecule has 0 amide bonds. The normalized spacial score (nSPS) is 14.1. The van der Waals surface area contributed by atoms with Crippen LogP contribution in [0.3, 0.4) is 0 Å². The van der Waals surface area contributed by atoms with Gasteiger partial charge in [0.25, 0.3) is 6.71 Å². The van der Waals surface area contributed by atoms with Crippen LogP contribution in [0, 0.1) is 0 Å². The van der Waals surface area contributed by atoms with Crippen LogP contribution in [-0.2, 0) is 0 Å². The van der Waals surface area contributed by atoms with Crippen LogP contribution >= 0.6 is 0 Å². The Morgan fingerprint density at radius 3 is 1.52 bits per heavy atom. The maximum absolute atomic E-state index is 2.83. The number of benzene rings is 8. The quantitative estimate of drug-likeness (QED) is 0.127. The van der Waals surface area contributed by atoms with Crippen molar-refractivity contribution in [2.45, 2.75) is 79.1 Å². The molecule has 0 unspecified atom stereocenters. The van der Waals surface area contributed by atoms with Gasteiger partial charge in [0, 0.05) is 45.0 Å². The van der Waals surface area contributed by atoms with Gasteiger partial charge in [-0.25, -0.2) is 0 Å². The van der Waals surface area contributed by atoms with Crippen LogP contribution in [0.25, 0.3) is 43.8 Å². The van der Waals surface area contributed by atoms with Gasteiger partial charge in [-0.2, -0.15) is 0 Å². The Balaban J connectivity index is 1.29. The molecule has 0 aliphatic carbocycles. The Morgan fingerprint density at radius 2 is 0.900 bits per heavy atom. The Bertz CT molecular complexity index is 3140. The summed E-state index contributed by atoms with van der Waals surface area (Å²) in [6.07, 6.45) is 0. The van der Waals surface area contributed by atoms with E-state index in [1.165, 1.54) is 122 Å². The molecule has 8 aromatic rings. The van der Waals surface area contributed by atoms with E-state index in [4.69, 9.17) is 0 Å². The number of hydrogen-bond donors (Lipinski definition) is 0. The van der Waals surface area contributed by atoms with Crippen molar-refractivity contribution >= 4 is 90.9 Å². The first kappa shape index (κ1) is 35.9. The Hall–Kier alpha value is -5.99. The number of rotatable bonds is 5. The molecule has 0 radical (unpaired) electrons. The van der Waals surface area contributed by atoms with Crippen LogP contribution < -0.4 is 37.0 Å². The van der Waals surface area contributed by atoms with Gasteiger partial charge in [-0.1, -0.05) is 165 Å². The Morgan fingerprint density at radius 1 is 0.383 bits per heavy atom. The predicted molar refractivity (Wildman–Crippen MR) is 262 cm³/mol. The molecule has 290 valence electrons. The van der Waals surface area contributed by atoms with Crippen LogP contribution in [0.15, 0.2) is 133 Å². The van der Waals surface area contributed by atoms with Crippen LogP contribution in [0.4, 0.5) is 28.4 Å². The molecular formula is C56H50B2N2. The van der Waals surface area contributed by atoms with Crippen LogP contribution in [0.5, 0.6) is 0 Å². The van der Waals surface area contributed by atoms with E-state index >= 15 is 0 Å². The lowest BCUT2D eigenvalue weighted by Crippen LogP contribution is -2.69. The van der Waals surface area contributed by atoms with Crippen molar-refractivity contribution in [3.05, 3.63) is 156 Å². The van der Waals surface area contributed by atoms with Gasteiger partial charge in [-0.05, 0) is 125 Å². The lowest BCUT2D eigenvalue weighted by atomic mass is 9.30. The molecule has 4 heterocycles. The summed E-state index contributed by atoms with van der Waals surface area (Å²) in [6, 6.07) is 52.8. The minimum Gasteiger partial charge on any atom is -0.377 e. The first-order valence-corrected chi connectivity index (χ1v) is 22.4. The fraction of sp³-hybridized carbons (Fsp3) is 0.214. The average molecular weight is 773 g/mol.